The molecule has 1 fully saturated rings. The van der Waals surface area contributed by atoms with Gasteiger partial charge in [0.25, 0.3) is 0 Å². The van der Waals surface area contributed by atoms with Crippen molar-refractivity contribution >= 4 is 9.84 Å². The molecule has 1 aromatic rings. The molecule has 2 rings (SSSR count). The van der Waals surface area contributed by atoms with Crippen molar-refractivity contribution in [2.45, 2.75) is 12.7 Å². The summed E-state index contributed by atoms with van der Waals surface area (Å²) in [6, 6.07) is 1.88. The van der Waals surface area contributed by atoms with Crippen molar-refractivity contribution in [3.63, 3.8) is 0 Å². The Labute approximate surface area is 96.0 Å². The van der Waals surface area contributed by atoms with E-state index in [1.807, 2.05) is 13.0 Å². The zero-order valence-electron chi connectivity index (χ0n) is 9.31. The van der Waals surface area contributed by atoms with Crippen LogP contribution in [0.2, 0.25) is 0 Å². The first-order valence-corrected chi connectivity index (χ1v) is 7.19. The average molecular weight is 240 g/mol. The predicted molar refractivity (Wildman–Crippen MR) is 62.8 cm³/mol. The van der Waals surface area contributed by atoms with Crippen molar-refractivity contribution in [1.82, 2.24) is 10.3 Å². The van der Waals surface area contributed by atoms with Crippen LogP contribution in [0.4, 0.5) is 0 Å². The van der Waals surface area contributed by atoms with Gasteiger partial charge >= 0.3 is 0 Å². The molecule has 0 spiro atoms. The number of rotatable bonds is 4. The van der Waals surface area contributed by atoms with E-state index in [1.165, 1.54) is 0 Å². The highest BCUT2D eigenvalue weighted by molar-refractivity contribution is 7.90. The van der Waals surface area contributed by atoms with E-state index in [0.29, 0.717) is 5.92 Å². The highest BCUT2D eigenvalue weighted by atomic mass is 32.2. The van der Waals surface area contributed by atoms with Crippen LogP contribution in [-0.2, 0) is 15.6 Å². The lowest BCUT2D eigenvalue weighted by Gasteiger charge is -2.26. The van der Waals surface area contributed by atoms with Gasteiger partial charge in [0, 0.05) is 25.5 Å². The number of aryl methyl sites for hydroxylation is 1. The monoisotopic (exact) mass is 240 g/mol. The third-order valence-electron chi connectivity index (χ3n) is 2.67. The quantitative estimate of drug-likeness (QED) is 0.834. The van der Waals surface area contributed by atoms with Gasteiger partial charge in [0.2, 0.25) is 0 Å². The normalized spacial score (nSPS) is 17.1. The number of sulfone groups is 1. The second kappa shape index (κ2) is 4.51. The van der Waals surface area contributed by atoms with Crippen molar-refractivity contribution in [3.8, 4) is 0 Å². The number of aromatic nitrogens is 1. The zero-order chi connectivity index (χ0) is 11.6. The summed E-state index contributed by atoms with van der Waals surface area (Å²) in [6.45, 7) is 3.57. The summed E-state index contributed by atoms with van der Waals surface area (Å²) in [4.78, 5) is 4.00. The number of hydrogen-bond acceptors (Lipinski definition) is 4. The van der Waals surface area contributed by atoms with E-state index in [2.05, 4.69) is 10.3 Å². The van der Waals surface area contributed by atoms with Crippen molar-refractivity contribution in [1.29, 1.82) is 0 Å². The van der Waals surface area contributed by atoms with Gasteiger partial charge in [-0.2, -0.15) is 0 Å². The largest absolute Gasteiger partial charge is 0.316 e. The van der Waals surface area contributed by atoms with E-state index in [1.54, 1.807) is 12.4 Å². The zero-order valence-corrected chi connectivity index (χ0v) is 10.1. The number of nitrogens with one attached hydrogen (secondary N) is 1. The second-order valence-corrected chi connectivity index (χ2v) is 6.56. The van der Waals surface area contributed by atoms with E-state index < -0.39 is 9.84 Å². The molecule has 0 saturated carbocycles. The molecule has 4 nitrogen and oxygen atoms in total. The fourth-order valence-corrected chi connectivity index (χ4v) is 3.57. The van der Waals surface area contributed by atoms with E-state index in [9.17, 15) is 8.42 Å². The number of pyridine rings is 1. The molecule has 0 radical (unpaired) electrons. The predicted octanol–water partition coefficient (Wildman–Crippen LogP) is 0.524. The molecular weight excluding hydrogens is 224 g/mol. The first kappa shape index (κ1) is 11.5. The minimum atomic E-state index is -2.99. The number of nitrogens with zero attached hydrogens (tertiary/aromatic N) is 1. The minimum absolute atomic E-state index is 0.109. The smallest absolute Gasteiger partial charge is 0.154 e. The van der Waals surface area contributed by atoms with Crippen molar-refractivity contribution < 1.29 is 8.42 Å². The molecule has 0 atom stereocenters. The highest BCUT2D eigenvalue weighted by Gasteiger charge is 2.24. The van der Waals surface area contributed by atoms with Crippen molar-refractivity contribution in [2.24, 2.45) is 5.92 Å². The summed E-state index contributed by atoms with van der Waals surface area (Å²) in [5, 5.41) is 3.08. The van der Waals surface area contributed by atoms with Crippen LogP contribution in [0.1, 0.15) is 11.1 Å². The Hall–Kier alpha value is -0.940. The third kappa shape index (κ3) is 3.02. The van der Waals surface area contributed by atoms with Gasteiger partial charge in [-0.15, -0.1) is 0 Å². The van der Waals surface area contributed by atoms with Gasteiger partial charge in [-0.3, -0.25) is 4.98 Å². The Balaban J connectivity index is 2.02. The molecule has 88 valence electrons. The maximum absolute atomic E-state index is 11.9. The molecule has 0 bridgehead atoms. The molecule has 1 aliphatic rings. The van der Waals surface area contributed by atoms with E-state index >= 15 is 0 Å². The lowest BCUT2D eigenvalue weighted by Crippen LogP contribution is -2.45. The first-order valence-electron chi connectivity index (χ1n) is 5.37. The molecule has 0 unspecified atom stereocenters. The molecule has 16 heavy (non-hydrogen) atoms. The minimum Gasteiger partial charge on any atom is -0.316 e. The lowest BCUT2D eigenvalue weighted by atomic mass is 10.1. The molecule has 5 heteroatoms. The van der Waals surface area contributed by atoms with Crippen LogP contribution in [0.25, 0.3) is 0 Å². The van der Waals surface area contributed by atoms with Gasteiger partial charge in [-0.1, -0.05) is 6.07 Å². The second-order valence-electron chi connectivity index (χ2n) is 4.45. The van der Waals surface area contributed by atoms with Gasteiger partial charge in [0.1, 0.15) is 0 Å². The molecule has 0 amide bonds. The Morgan fingerprint density at radius 1 is 1.44 bits per heavy atom. The Morgan fingerprint density at radius 3 is 2.75 bits per heavy atom. The number of hydrogen-bond donors (Lipinski definition) is 1. The van der Waals surface area contributed by atoms with Gasteiger partial charge in [-0.25, -0.2) is 8.42 Å². The fraction of sp³-hybridized carbons (Fsp3) is 0.545. The van der Waals surface area contributed by atoms with Gasteiger partial charge in [0.05, 0.1) is 11.5 Å². The van der Waals surface area contributed by atoms with E-state index in [-0.39, 0.29) is 11.5 Å². The molecular formula is C11H16N2O2S. The molecule has 0 aromatic carbocycles. The summed E-state index contributed by atoms with van der Waals surface area (Å²) in [6.07, 6.45) is 3.36. The fourth-order valence-electron chi connectivity index (χ4n) is 1.83. The Bertz CT molecular complexity index is 467. The van der Waals surface area contributed by atoms with Crippen LogP contribution in [0.15, 0.2) is 18.5 Å². The SMILES string of the molecule is Cc1cncc(CS(=O)(=O)CC2CNC2)c1. The average Bonchev–Trinajstić information content (AvgIpc) is 2.11. The van der Waals surface area contributed by atoms with Crippen LogP contribution >= 0.6 is 0 Å². The molecule has 0 aliphatic carbocycles. The molecule has 1 aromatic heterocycles. The van der Waals surface area contributed by atoms with Gasteiger partial charge in [0.15, 0.2) is 9.84 Å². The Morgan fingerprint density at radius 2 is 2.19 bits per heavy atom. The first-order chi connectivity index (χ1) is 7.55. The van der Waals surface area contributed by atoms with E-state index in [0.717, 1.165) is 24.2 Å². The van der Waals surface area contributed by atoms with Crippen LogP contribution in [-0.4, -0.2) is 32.2 Å². The van der Waals surface area contributed by atoms with Crippen molar-refractivity contribution in [2.75, 3.05) is 18.8 Å². The van der Waals surface area contributed by atoms with E-state index in [4.69, 9.17) is 0 Å². The van der Waals surface area contributed by atoms with Gasteiger partial charge < -0.3 is 5.32 Å². The summed E-state index contributed by atoms with van der Waals surface area (Å²) in [7, 11) is -2.99. The van der Waals surface area contributed by atoms with Crippen molar-refractivity contribution in [3.05, 3.63) is 29.6 Å². The Kier molecular flexibility index (Phi) is 3.25. The third-order valence-corrected chi connectivity index (χ3v) is 4.43. The lowest BCUT2D eigenvalue weighted by molar-refractivity contribution is 0.378. The molecule has 1 N–H and O–H groups in total. The molecule has 2 heterocycles. The van der Waals surface area contributed by atoms with Crippen LogP contribution in [0.3, 0.4) is 0 Å². The highest BCUT2D eigenvalue weighted by Crippen LogP contribution is 2.12. The summed E-state index contributed by atoms with van der Waals surface area (Å²) >= 11 is 0. The molecule has 1 aliphatic heterocycles. The maximum atomic E-state index is 11.9. The molecule has 1 saturated heterocycles. The van der Waals surface area contributed by atoms with Crippen LogP contribution < -0.4 is 5.32 Å². The van der Waals surface area contributed by atoms with Gasteiger partial charge in [-0.05, 0) is 24.0 Å². The summed E-state index contributed by atoms with van der Waals surface area (Å²) < 4.78 is 23.7. The van der Waals surface area contributed by atoms with Crippen LogP contribution in [0.5, 0.6) is 0 Å². The van der Waals surface area contributed by atoms with Crippen LogP contribution in [0, 0.1) is 12.8 Å². The summed E-state index contributed by atoms with van der Waals surface area (Å²) in [5.74, 6) is 0.689. The topological polar surface area (TPSA) is 59.1 Å². The summed E-state index contributed by atoms with van der Waals surface area (Å²) in [5.41, 5.74) is 1.78. The standard InChI is InChI=1S/C11H16N2O2S/c1-9-2-10(4-12-3-9)7-16(14,15)8-11-5-13-6-11/h2-4,11,13H,5-8H2,1H3. The maximum Gasteiger partial charge on any atom is 0.154 e.